The summed E-state index contributed by atoms with van der Waals surface area (Å²) >= 11 is 2.76. The molecule has 3 aromatic rings. The summed E-state index contributed by atoms with van der Waals surface area (Å²) in [4.78, 5) is 26.2. The SMILES string of the molecule is CCOC(=O)c1cc(-c2ccccc2)sc1NC(=O)CN(N)/C(=C\N)c1cccc(NSC)c1. The van der Waals surface area contributed by atoms with Gasteiger partial charge in [-0.1, -0.05) is 54.4 Å². The summed E-state index contributed by atoms with van der Waals surface area (Å²) in [6, 6.07) is 18.9. The van der Waals surface area contributed by atoms with Crippen LogP contribution < -0.4 is 21.6 Å². The minimum atomic E-state index is -0.499. The number of esters is 1. The highest BCUT2D eigenvalue weighted by Crippen LogP contribution is 2.36. The lowest BCUT2D eigenvalue weighted by Gasteiger charge is -2.21. The zero-order chi connectivity index (χ0) is 24.5. The van der Waals surface area contributed by atoms with Crippen molar-refractivity contribution in [3.05, 3.63) is 78.0 Å². The van der Waals surface area contributed by atoms with Crippen molar-refractivity contribution in [1.29, 1.82) is 0 Å². The van der Waals surface area contributed by atoms with E-state index in [0.29, 0.717) is 16.3 Å². The van der Waals surface area contributed by atoms with Gasteiger partial charge >= 0.3 is 5.97 Å². The van der Waals surface area contributed by atoms with Gasteiger partial charge in [0.05, 0.1) is 17.9 Å². The highest BCUT2D eigenvalue weighted by atomic mass is 32.2. The quantitative estimate of drug-likeness (QED) is 0.141. The van der Waals surface area contributed by atoms with E-state index in [1.807, 2.05) is 60.9 Å². The Labute approximate surface area is 207 Å². The number of hydrazine groups is 1. The van der Waals surface area contributed by atoms with Crippen LogP contribution in [0, 0.1) is 0 Å². The number of ether oxygens (including phenoxy) is 1. The van der Waals surface area contributed by atoms with Crippen LogP contribution in [0.3, 0.4) is 0 Å². The molecule has 0 spiro atoms. The van der Waals surface area contributed by atoms with Crippen LogP contribution in [0.4, 0.5) is 10.7 Å². The number of carbonyl (C=O) groups is 2. The molecule has 0 saturated carbocycles. The molecule has 0 fully saturated rings. The molecule has 3 rings (SSSR count). The van der Waals surface area contributed by atoms with Gasteiger partial charge in [-0.2, -0.15) is 0 Å². The first-order valence-corrected chi connectivity index (χ1v) is 12.5. The predicted octanol–water partition coefficient (Wildman–Crippen LogP) is 4.35. The van der Waals surface area contributed by atoms with E-state index >= 15 is 0 Å². The zero-order valence-corrected chi connectivity index (χ0v) is 20.5. The van der Waals surface area contributed by atoms with E-state index in [9.17, 15) is 9.59 Å². The first-order valence-electron chi connectivity index (χ1n) is 10.5. The molecule has 0 atom stereocenters. The van der Waals surface area contributed by atoms with E-state index in [1.54, 1.807) is 13.0 Å². The molecule has 1 amide bonds. The molecule has 0 unspecified atom stereocenters. The molecule has 178 valence electrons. The number of benzene rings is 2. The van der Waals surface area contributed by atoms with E-state index in [2.05, 4.69) is 10.0 Å². The van der Waals surface area contributed by atoms with Crippen LogP contribution in [0.5, 0.6) is 0 Å². The summed E-state index contributed by atoms with van der Waals surface area (Å²) in [6.07, 6.45) is 3.28. The van der Waals surface area contributed by atoms with E-state index < -0.39 is 11.9 Å². The van der Waals surface area contributed by atoms with Gasteiger partial charge in [0.2, 0.25) is 5.91 Å². The van der Waals surface area contributed by atoms with Gasteiger partial charge in [-0.3, -0.25) is 9.80 Å². The third-order valence-electron chi connectivity index (χ3n) is 4.70. The topological polar surface area (TPSA) is 123 Å². The standard InChI is InChI=1S/C24H27N5O3S2/c1-3-32-24(31)19-13-21(16-8-5-4-6-9-16)34-23(19)27-22(30)15-29(26)20(14-25)17-10-7-11-18(12-17)28-33-2/h4-14,28H,3,15,25-26H2,1-2H3,(H,27,30)/b20-14-. The lowest BCUT2D eigenvalue weighted by atomic mass is 10.1. The maximum atomic E-state index is 12.9. The van der Waals surface area contributed by atoms with Crippen molar-refractivity contribution in [1.82, 2.24) is 5.01 Å². The van der Waals surface area contributed by atoms with Crippen molar-refractivity contribution in [2.45, 2.75) is 6.92 Å². The largest absolute Gasteiger partial charge is 0.462 e. The molecule has 34 heavy (non-hydrogen) atoms. The highest BCUT2D eigenvalue weighted by molar-refractivity contribution is 7.99. The van der Waals surface area contributed by atoms with Gasteiger partial charge in [-0.25, -0.2) is 10.6 Å². The molecular formula is C24H27N5O3S2. The molecule has 10 heteroatoms. The number of amides is 1. The van der Waals surface area contributed by atoms with Gasteiger partial charge in [0.15, 0.2) is 0 Å². The first-order chi connectivity index (χ1) is 16.5. The molecule has 0 aliphatic rings. The van der Waals surface area contributed by atoms with E-state index in [4.69, 9.17) is 16.3 Å². The summed E-state index contributed by atoms with van der Waals surface area (Å²) < 4.78 is 8.32. The fourth-order valence-electron chi connectivity index (χ4n) is 3.21. The Morgan fingerprint density at radius 3 is 2.59 bits per heavy atom. The lowest BCUT2D eigenvalue weighted by molar-refractivity contribution is -0.116. The minimum absolute atomic E-state index is 0.177. The average molecular weight is 498 g/mol. The zero-order valence-electron chi connectivity index (χ0n) is 18.9. The van der Waals surface area contributed by atoms with Gasteiger partial charge in [0.25, 0.3) is 0 Å². The predicted molar refractivity (Wildman–Crippen MR) is 141 cm³/mol. The summed E-state index contributed by atoms with van der Waals surface area (Å²) in [5, 5.41) is 4.48. The first kappa shape index (κ1) is 25.2. The fourth-order valence-corrected chi connectivity index (χ4v) is 4.64. The maximum absolute atomic E-state index is 12.9. The summed E-state index contributed by atoms with van der Waals surface area (Å²) in [7, 11) is 0. The molecular weight excluding hydrogens is 470 g/mol. The fraction of sp³-hybridized carbons (Fsp3) is 0.167. The van der Waals surface area contributed by atoms with Crippen molar-refractivity contribution < 1.29 is 14.3 Å². The molecule has 8 nitrogen and oxygen atoms in total. The summed E-state index contributed by atoms with van der Waals surface area (Å²) in [5.74, 6) is 5.30. The van der Waals surface area contributed by atoms with Crippen molar-refractivity contribution >= 4 is 51.5 Å². The normalized spacial score (nSPS) is 11.1. The highest BCUT2D eigenvalue weighted by Gasteiger charge is 2.21. The molecule has 0 saturated heterocycles. The van der Waals surface area contributed by atoms with Gasteiger partial charge in [-0.15, -0.1) is 11.3 Å². The summed E-state index contributed by atoms with van der Waals surface area (Å²) in [5.41, 5.74) is 9.18. The Morgan fingerprint density at radius 1 is 1.15 bits per heavy atom. The molecule has 0 aliphatic heterocycles. The Kier molecular flexibility index (Phi) is 8.97. The number of rotatable bonds is 10. The number of hydrogen-bond donors (Lipinski definition) is 4. The Hall–Kier alpha value is -3.47. The smallest absolute Gasteiger partial charge is 0.341 e. The summed E-state index contributed by atoms with van der Waals surface area (Å²) in [6.45, 7) is 1.79. The molecule has 6 N–H and O–H groups in total. The lowest BCUT2D eigenvalue weighted by Crippen LogP contribution is -2.37. The maximum Gasteiger partial charge on any atom is 0.341 e. The molecule has 0 bridgehead atoms. The second-order valence-corrected chi connectivity index (χ2v) is 8.72. The number of nitrogens with one attached hydrogen (secondary N) is 2. The van der Waals surface area contributed by atoms with E-state index in [1.165, 1.54) is 34.5 Å². The average Bonchev–Trinajstić information content (AvgIpc) is 3.24. The molecule has 0 aliphatic carbocycles. The van der Waals surface area contributed by atoms with Crippen molar-refractivity contribution in [3.63, 3.8) is 0 Å². The van der Waals surface area contributed by atoms with Crippen LogP contribution in [0.15, 0.2) is 66.9 Å². The Bertz CT molecular complexity index is 1160. The second-order valence-electron chi connectivity index (χ2n) is 7.05. The molecule has 1 aromatic heterocycles. The number of nitrogens with zero attached hydrogens (tertiary/aromatic N) is 1. The van der Waals surface area contributed by atoms with E-state index in [-0.39, 0.29) is 13.2 Å². The molecule has 0 radical (unpaired) electrons. The minimum Gasteiger partial charge on any atom is -0.462 e. The number of nitrogens with two attached hydrogens (primary N) is 2. The number of carbonyl (C=O) groups excluding carboxylic acids is 2. The van der Waals surface area contributed by atoms with Crippen LogP contribution in [-0.2, 0) is 9.53 Å². The van der Waals surface area contributed by atoms with Crippen LogP contribution in [0.25, 0.3) is 16.1 Å². The van der Waals surface area contributed by atoms with Crippen molar-refractivity contribution in [2.24, 2.45) is 11.6 Å². The molecule has 2 aromatic carbocycles. The second kappa shape index (κ2) is 12.1. The number of thiophene rings is 1. The van der Waals surface area contributed by atoms with Crippen molar-refractivity contribution in [3.8, 4) is 10.4 Å². The Balaban J connectivity index is 1.78. The van der Waals surface area contributed by atoms with Gasteiger partial charge in [-0.05, 0) is 30.7 Å². The van der Waals surface area contributed by atoms with Gasteiger partial charge in [0.1, 0.15) is 11.5 Å². The van der Waals surface area contributed by atoms with Crippen LogP contribution in [0.1, 0.15) is 22.8 Å². The van der Waals surface area contributed by atoms with Gasteiger partial charge in [0, 0.05) is 28.6 Å². The van der Waals surface area contributed by atoms with Crippen LogP contribution in [-0.4, -0.2) is 36.3 Å². The molecule has 1 heterocycles. The Morgan fingerprint density at radius 2 is 1.91 bits per heavy atom. The van der Waals surface area contributed by atoms with Crippen LogP contribution in [0.2, 0.25) is 0 Å². The van der Waals surface area contributed by atoms with Gasteiger partial charge < -0.3 is 20.5 Å². The third-order valence-corrected chi connectivity index (χ3v) is 6.24. The van der Waals surface area contributed by atoms with Crippen LogP contribution >= 0.6 is 23.3 Å². The number of anilines is 2. The van der Waals surface area contributed by atoms with Crippen molar-refractivity contribution in [2.75, 3.05) is 29.4 Å². The monoisotopic (exact) mass is 497 g/mol. The van der Waals surface area contributed by atoms with E-state index in [0.717, 1.165) is 21.7 Å². The number of hydrogen-bond acceptors (Lipinski definition) is 9. The third kappa shape index (κ3) is 6.31.